The van der Waals surface area contributed by atoms with Gasteiger partial charge < -0.3 is 9.84 Å². The van der Waals surface area contributed by atoms with Crippen molar-refractivity contribution in [3.05, 3.63) is 29.3 Å². The number of ether oxygens (including phenoxy) is 1. The lowest BCUT2D eigenvalue weighted by molar-refractivity contribution is 0.0341. The molecule has 0 bridgehead atoms. The SMILES string of the molecule is CC(C)(C)c1ccc(CN2CCOCC2)cc1O. The van der Waals surface area contributed by atoms with Crippen LogP contribution in [0.3, 0.4) is 0 Å². The molecular formula is C15H23NO2. The summed E-state index contributed by atoms with van der Waals surface area (Å²) in [5.74, 6) is 0.410. The quantitative estimate of drug-likeness (QED) is 0.874. The van der Waals surface area contributed by atoms with E-state index in [9.17, 15) is 5.11 Å². The molecule has 18 heavy (non-hydrogen) atoms. The first kappa shape index (κ1) is 13.4. The Labute approximate surface area is 109 Å². The Morgan fingerprint density at radius 3 is 2.44 bits per heavy atom. The standard InChI is InChI=1S/C15H23NO2/c1-15(2,3)13-5-4-12(10-14(13)17)11-16-6-8-18-9-7-16/h4-5,10,17H,6-9,11H2,1-3H3. The average Bonchev–Trinajstić information content (AvgIpc) is 2.28. The van der Waals surface area contributed by atoms with Crippen molar-refractivity contribution in [2.75, 3.05) is 26.3 Å². The molecule has 0 saturated carbocycles. The van der Waals surface area contributed by atoms with Crippen molar-refractivity contribution in [2.24, 2.45) is 0 Å². The molecule has 1 N–H and O–H groups in total. The molecular weight excluding hydrogens is 226 g/mol. The molecule has 1 saturated heterocycles. The molecule has 1 aromatic carbocycles. The molecule has 1 fully saturated rings. The smallest absolute Gasteiger partial charge is 0.119 e. The van der Waals surface area contributed by atoms with Gasteiger partial charge in [-0.1, -0.05) is 32.9 Å². The van der Waals surface area contributed by atoms with Crippen molar-refractivity contribution in [2.45, 2.75) is 32.7 Å². The normalized spacial score (nSPS) is 17.9. The van der Waals surface area contributed by atoms with Crippen LogP contribution in [0, 0.1) is 0 Å². The molecule has 0 aromatic heterocycles. The summed E-state index contributed by atoms with van der Waals surface area (Å²) in [4.78, 5) is 2.36. The van der Waals surface area contributed by atoms with Crippen LogP contribution in [-0.4, -0.2) is 36.3 Å². The molecule has 1 heterocycles. The predicted octanol–water partition coefficient (Wildman–Crippen LogP) is 2.52. The third-order valence-electron chi connectivity index (χ3n) is 3.38. The molecule has 1 aliphatic heterocycles. The molecule has 2 rings (SSSR count). The molecule has 0 unspecified atom stereocenters. The van der Waals surface area contributed by atoms with Gasteiger partial charge in [0.2, 0.25) is 0 Å². The fourth-order valence-electron chi connectivity index (χ4n) is 2.33. The van der Waals surface area contributed by atoms with E-state index >= 15 is 0 Å². The van der Waals surface area contributed by atoms with E-state index in [1.165, 1.54) is 5.56 Å². The predicted molar refractivity (Wildman–Crippen MR) is 72.9 cm³/mol. The maximum absolute atomic E-state index is 10.1. The number of aromatic hydroxyl groups is 1. The third-order valence-corrected chi connectivity index (χ3v) is 3.38. The second kappa shape index (κ2) is 5.29. The van der Waals surface area contributed by atoms with Crippen LogP contribution in [0.4, 0.5) is 0 Å². The van der Waals surface area contributed by atoms with Crippen molar-refractivity contribution in [1.29, 1.82) is 0 Å². The third kappa shape index (κ3) is 3.24. The summed E-state index contributed by atoms with van der Waals surface area (Å²) < 4.78 is 5.33. The zero-order valence-corrected chi connectivity index (χ0v) is 11.6. The molecule has 0 spiro atoms. The van der Waals surface area contributed by atoms with Crippen molar-refractivity contribution in [1.82, 2.24) is 4.90 Å². The van der Waals surface area contributed by atoms with E-state index in [0.29, 0.717) is 5.75 Å². The maximum Gasteiger partial charge on any atom is 0.119 e. The molecule has 0 radical (unpaired) electrons. The molecule has 0 atom stereocenters. The first-order valence-corrected chi connectivity index (χ1v) is 6.59. The summed E-state index contributed by atoms with van der Waals surface area (Å²) in [5, 5.41) is 10.1. The minimum Gasteiger partial charge on any atom is -0.508 e. The zero-order valence-electron chi connectivity index (χ0n) is 11.6. The molecule has 3 nitrogen and oxygen atoms in total. The molecule has 100 valence electrons. The summed E-state index contributed by atoms with van der Waals surface area (Å²) in [6, 6.07) is 6.07. The van der Waals surface area contributed by atoms with Crippen molar-refractivity contribution in [3.63, 3.8) is 0 Å². The number of hydrogen-bond acceptors (Lipinski definition) is 3. The van der Waals surface area contributed by atoms with E-state index < -0.39 is 0 Å². The summed E-state index contributed by atoms with van der Waals surface area (Å²) >= 11 is 0. The van der Waals surface area contributed by atoms with Crippen LogP contribution in [0.2, 0.25) is 0 Å². The van der Waals surface area contributed by atoms with Gasteiger partial charge in [-0.2, -0.15) is 0 Å². The highest BCUT2D eigenvalue weighted by Gasteiger charge is 2.18. The molecule has 0 amide bonds. The number of hydrogen-bond donors (Lipinski definition) is 1. The van der Waals surface area contributed by atoms with E-state index in [1.807, 2.05) is 12.1 Å². The van der Waals surface area contributed by atoms with Crippen molar-refractivity contribution < 1.29 is 9.84 Å². The number of benzene rings is 1. The Morgan fingerprint density at radius 2 is 1.89 bits per heavy atom. The Morgan fingerprint density at radius 1 is 1.22 bits per heavy atom. The van der Waals surface area contributed by atoms with Gasteiger partial charge in [-0.3, -0.25) is 4.90 Å². The van der Waals surface area contributed by atoms with Gasteiger partial charge in [0.25, 0.3) is 0 Å². The van der Waals surface area contributed by atoms with Gasteiger partial charge in [0.15, 0.2) is 0 Å². The number of rotatable bonds is 2. The Hall–Kier alpha value is -1.06. The first-order valence-electron chi connectivity index (χ1n) is 6.59. The Bertz CT molecular complexity index is 403. The van der Waals surface area contributed by atoms with Crippen LogP contribution in [0.1, 0.15) is 31.9 Å². The zero-order chi connectivity index (χ0) is 13.2. The minimum atomic E-state index is -0.0123. The van der Waals surface area contributed by atoms with Crippen LogP contribution >= 0.6 is 0 Å². The topological polar surface area (TPSA) is 32.7 Å². The number of phenols is 1. The van der Waals surface area contributed by atoms with Crippen LogP contribution in [0.15, 0.2) is 18.2 Å². The largest absolute Gasteiger partial charge is 0.508 e. The molecule has 0 aliphatic carbocycles. The van der Waals surface area contributed by atoms with E-state index in [0.717, 1.165) is 38.4 Å². The Kier molecular flexibility index (Phi) is 3.93. The number of phenolic OH excluding ortho intramolecular Hbond substituents is 1. The summed E-state index contributed by atoms with van der Waals surface area (Å²) in [5.41, 5.74) is 2.16. The van der Waals surface area contributed by atoms with Crippen LogP contribution in [-0.2, 0) is 16.7 Å². The van der Waals surface area contributed by atoms with E-state index in [1.54, 1.807) is 0 Å². The van der Waals surface area contributed by atoms with E-state index in [4.69, 9.17) is 4.74 Å². The monoisotopic (exact) mass is 249 g/mol. The minimum absolute atomic E-state index is 0.0123. The lowest BCUT2D eigenvalue weighted by Crippen LogP contribution is -2.35. The highest BCUT2D eigenvalue weighted by molar-refractivity contribution is 5.40. The summed E-state index contributed by atoms with van der Waals surface area (Å²) in [6.07, 6.45) is 0. The van der Waals surface area contributed by atoms with Gasteiger partial charge in [-0.25, -0.2) is 0 Å². The molecule has 1 aliphatic rings. The summed E-state index contributed by atoms with van der Waals surface area (Å²) in [7, 11) is 0. The van der Waals surface area contributed by atoms with Gasteiger partial charge in [0, 0.05) is 19.6 Å². The highest BCUT2D eigenvalue weighted by atomic mass is 16.5. The van der Waals surface area contributed by atoms with Crippen LogP contribution in [0.25, 0.3) is 0 Å². The first-order chi connectivity index (χ1) is 8.47. The number of nitrogens with zero attached hydrogens (tertiary/aromatic N) is 1. The van der Waals surface area contributed by atoms with Gasteiger partial charge in [-0.05, 0) is 22.6 Å². The fourth-order valence-corrected chi connectivity index (χ4v) is 2.33. The van der Waals surface area contributed by atoms with Gasteiger partial charge in [0.1, 0.15) is 5.75 Å². The van der Waals surface area contributed by atoms with E-state index in [2.05, 4.69) is 31.7 Å². The fraction of sp³-hybridized carbons (Fsp3) is 0.600. The summed E-state index contributed by atoms with van der Waals surface area (Å²) in [6.45, 7) is 10.8. The second-order valence-corrected chi connectivity index (χ2v) is 5.99. The Balaban J connectivity index is 2.08. The van der Waals surface area contributed by atoms with Gasteiger partial charge >= 0.3 is 0 Å². The van der Waals surface area contributed by atoms with Crippen LogP contribution in [0.5, 0.6) is 5.75 Å². The van der Waals surface area contributed by atoms with Crippen molar-refractivity contribution in [3.8, 4) is 5.75 Å². The van der Waals surface area contributed by atoms with E-state index in [-0.39, 0.29) is 5.41 Å². The van der Waals surface area contributed by atoms with Crippen LogP contribution < -0.4 is 0 Å². The van der Waals surface area contributed by atoms with Gasteiger partial charge in [-0.15, -0.1) is 0 Å². The molecule has 1 aromatic rings. The lowest BCUT2D eigenvalue weighted by atomic mass is 9.86. The molecule has 3 heteroatoms. The van der Waals surface area contributed by atoms with Gasteiger partial charge in [0.05, 0.1) is 13.2 Å². The maximum atomic E-state index is 10.1. The second-order valence-electron chi connectivity index (χ2n) is 5.99. The van der Waals surface area contributed by atoms with Crippen molar-refractivity contribution >= 4 is 0 Å². The lowest BCUT2D eigenvalue weighted by Gasteiger charge is -2.27. The highest BCUT2D eigenvalue weighted by Crippen LogP contribution is 2.31. The number of morpholine rings is 1. The average molecular weight is 249 g/mol.